The molecule has 94 valence electrons. The quantitative estimate of drug-likeness (QED) is 0.876. The lowest BCUT2D eigenvalue weighted by molar-refractivity contribution is -0.116. The summed E-state index contributed by atoms with van der Waals surface area (Å²) in [6.45, 7) is 4.09. The van der Waals surface area contributed by atoms with Crippen molar-refractivity contribution in [3.63, 3.8) is 0 Å². The van der Waals surface area contributed by atoms with Crippen molar-refractivity contribution in [2.75, 3.05) is 18.7 Å². The Hall–Kier alpha value is -1.16. The van der Waals surface area contributed by atoms with Gasteiger partial charge >= 0.3 is 0 Å². The van der Waals surface area contributed by atoms with Gasteiger partial charge in [0.2, 0.25) is 5.91 Å². The molecule has 0 spiro atoms. The van der Waals surface area contributed by atoms with Gasteiger partial charge in [-0.15, -0.1) is 0 Å². The molecule has 0 aliphatic carbocycles. The zero-order valence-electron chi connectivity index (χ0n) is 10.7. The van der Waals surface area contributed by atoms with Crippen molar-refractivity contribution >= 4 is 23.4 Å². The minimum absolute atomic E-state index is 0.0250. The highest BCUT2D eigenvalue weighted by Crippen LogP contribution is 2.25. The summed E-state index contributed by atoms with van der Waals surface area (Å²) >= 11 is 1.57. The molecule has 4 heteroatoms. The minimum atomic E-state index is -0.0417. The lowest BCUT2D eigenvalue weighted by atomic mass is 10.1. The van der Waals surface area contributed by atoms with E-state index in [9.17, 15) is 4.79 Å². The fourth-order valence-electron chi connectivity index (χ4n) is 1.63. The van der Waals surface area contributed by atoms with Crippen LogP contribution in [-0.2, 0) is 4.79 Å². The Morgan fingerprint density at radius 2 is 2.00 bits per heavy atom. The van der Waals surface area contributed by atoms with Crippen LogP contribution in [0.25, 0.3) is 0 Å². The van der Waals surface area contributed by atoms with Crippen molar-refractivity contribution < 1.29 is 9.53 Å². The number of nitrogens with one attached hydrogen (secondary N) is 1. The summed E-state index contributed by atoms with van der Waals surface area (Å²) in [6, 6.07) is 7.43. The topological polar surface area (TPSA) is 38.3 Å². The predicted molar refractivity (Wildman–Crippen MR) is 73.8 cm³/mol. The number of methoxy groups -OCH3 is 1. The number of hydrogen-bond donors (Lipinski definition) is 1. The number of para-hydroxylation sites is 2. The number of thioether (sulfide) groups is 1. The molecular weight excluding hydrogens is 234 g/mol. The van der Waals surface area contributed by atoms with Crippen molar-refractivity contribution in [2.24, 2.45) is 5.92 Å². The van der Waals surface area contributed by atoms with Gasteiger partial charge in [-0.05, 0) is 24.3 Å². The van der Waals surface area contributed by atoms with E-state index in [2.05, 4.69) is 5.32 Å². The van der Waals surface area contributed by atoms with Crippen LogP contribution in [-0.4, -0.2) is 24.5 Å². The fourth-order valence-corrected chi connectivity index (χ4v) is 2.45. The third-order valence-corrected chi connectivity index (χ3v) is 3.75. The van der Waals surface area contributed by atoms with E-state index in [4.69, 9.17) is 4.74 Å². The van der Waals surface area contributed by atoms with Crippen molar-refractivity contribution in [3.05, 3.63) is 24.3 Å². The Morgan fingerprint density at radius 1 is 1.35 bits per heavy atom. The molecule has 0 saturated heterocycles. The van der Waals surface area contributed by atoms with E-state index in [0.717, 1.165) is 5.69 Å². The van der Waals surface area contributed by atoms with E-state index < -0.39 is 0 Å². The number of anilines is 1. The van der Waals surface area contributed by atoms with Gasteiger partial charge < -0.3 is 10.1 Å². The number of carbonyl (C=O) groups excluding carboxylic acids is 1. The standard InChI is InChI=1S/C13H19NO2S/c1-9(2)12(17-4)13(15)14-10-7-5-6-8-11(10)16-3/h5-9,12H,1-4H3,(H,14,15)/t12-/m1/s1. The normalized spacial score (nSPS) is 12.3. The summed E-state index contributed by atoms with van der Waals surface area (Å²) in [6.07, 6.45) is 1.95. The monoisotopic (exact) mass is 253 g/mol. The lowest BCUT2D eigenvalue weighted by Crippen LogP contribution is -2.29. The first kappa shape index (κ1) is 13.9. The molecule has 0 saturated carbocycles. The van der Waals surface area contributed by atoms with E-state index >= 15 is 0 Å². The van der Waals surface area contributed by atoms with Crippen LogP contribution in [0.3, 0.4) is 0 Å². The van der Waals surface area contributed by atoms with E-state index in [0.29, 0.717) is 11.7 Å². The molecule has 0 unspecified atom stereocenters. The number of amides is 1. The van der Waals surface area contributed by atoms with Crippen LogP contribution >= 0.6 is 11.8 Å². The van der Waals surface area contributed by atoms with E-state index in [1.807, 2.05) is 44.4 Å². The van der Waals surface area contributed by atoms with Crippen molar-refractivity contribution in [3.8, 4) is 5.75 Å². The van der Waals surface area contributed by atoms with Crippen molar-refractivity contribution in [1.82, 2.24) is 0 Å². The summed E-state index contributed by atoms with van der Waals surface area (Å²) in [5.74, 6) is 1.01. The van der Waals surface area contributed by atoms with Gasteiger partial charge in [0, 0.05) is 0 Å². The number of hydrogen-bond acceptors (Lipinski definition) is 3. The molecule has 0 aliphatic rings. The molecule has 1 amide bonds. The molecule has 0 fully saturated rings. The fraction of sp³-hybridized carbons (Fsp3) is 0.462. The highest BCUT2D eigenvalue weighted by molar-refractivity contribution is 7.99. The zero-order valence-corrected chi connectivity index (χ0v) is 11.5. The van der Waals surface area contributed by atoms with Crippen molar-refractivity contribution in [1.29, 1.82) is 0 Å². The number of ether oxygens (including phenoxy) is 1. The third-order valence-electron chi connectivity index (χ3n) is 2.48. The molecule has 0 heterocycles. The maximum Gasteiger partial charge on any atom is 0.237 e. The summed E-state index contributed by atoms with van der Waals surface area (Å²) in [5, 5.41) is 2.87. The second kappa shape index (κ2) is 6.55. The number of rotatable bonds is 5. The van der Waals surface area contributed by atoms with Crippen LogP contribution in [0.2, 0.25) is 0 Å². The Kier molecular flexibility index (Phi) is 5.35. The van der Waals surface area contributed by atoms with Gasteiger partial charge in [-0.3, -0.25) is 4.79 Å². The maximum absolute atomic E-state index is 12.1. The Balaban J connectivity index is 2.80. The van der Waals surface area contributed by atoms with Crippen molar-refractivity contribution in [2.45, 2.75) is 19.1 Å². The highest BCUT2D eigenvalue weighted by atomic mass is 32.2. The molecule has 1 aromatic rings. The molecule has 17 heavy (non-hydrogen) atoms. The summed E-state index contributed by atoms with van der Waals surface area (Å²) in [7, 11) is 1.60. The molecule has 1 N–H and O–H groups in total. The first-order chi connectivity index (χ1) is 8.10. The van der Waals surface area contributed by atoms with Crippen LogP contribution in [0.4, 0.5) is 5.69 Å². The molecule has 0 aromatic heterocycles. The van der Waals surface area contributed by atoms with Crippen LogP contribution in [0.1, 0.15) is 13.8 Å². The molecular formula is C13H19NO2S. The van der Waals surface area contributed by atoms with Gasteiger partial charge in [0.25, 0.3) is 0 Å². The third kappa shape index (κ3) is 3.66. The maximum atomic E-state index is 12.1. The van der Waals surface area contributed by atoms with Crippen LogP contribution in [0.5, 0.6) is 5.75 Å². The van der Waals surface area contributed by atoms with Gasteiger partial charge in [0.15, 0.2) is 0 Å². The number of carbonyl (C=O) groups is 1. The predicted octanol–water partition coefficient (Wildman–Crippen LogP) is 3.02. The molecule has 3 nitrogen and oxygen atoms in total. The van der Waals surface area contributed by atoms with E-state index in [1.54, 1.807) is 18.9 Å². The van der Waals surface area contributed by atoms with Crippen LogP contribution in [0.15, 0.2) is 24.3 Å². The number of benzene rings is 1. The average Bonchev–Trinajstić information content (AvgIpc) is 2.30. The zero-order chi connectivity index (χ0) is 12.8. The van der Waals surface area contributed by atoms with E-state index in [-0.39, 0.29) is 11.2 Å². The highest BCUT2D eigenvalue weighted by Gasteiger charge is 2.21. The molecule has 0 bridgehead atoms. The van der Waals surface area contributed by atoms with Crippen LogP contribution in [0, 0.1) is 5.92 Å². The Bertz CT molecular complexity index is 379. The largest absolute Gasteiger partial charge is 0.495 e. The summed E-state index contributed by atoms with van der Waals surface area (Å²) in [4.78, 5) is 12.1. The first-order valence-electron chi connectivity index (χ1n) is 5.56. The Morgan fingerprint density at radius 3 is 2.53 bits per heavy atom. The van der Waals surface area contributed by atoms with Gasteiger partial charge in [-0.1, -0.05) is 26.0 Å². The average molecular weight is 253 g/mol. The lowest BCUT2D eigenvalue weighted by Gasteiger charge is -2.18. The smallest absolute Gasteiger partial charge is 0.237 e. The minimum Gasteiger partial charge on any atom is -0.495 e. The molecule has 0 radical (unpaired) electrons. The van der Waals surface area contributed by atoms with E-state index in [1.165, 1.54) is 0 Å². The SMILES string of the molecule is COc1ccccc1NC(=O)[C@H](SC)C(C)C. The van der Waals surface area contributed by atoms with Gasteiger partial charge in [-0.2, -0.15) is 11.8 Å². The summed E-state index contributed by atoms with van der Waals surface area (Å²) < 4.78 is 5.20. The van der Waals surface area contributed by atoms with Crippen LogP contribution < -0.4 is 10.1 Å². The first-order valence-corrected chi connectivity index (χ1v) is 6.85. The summed E-state index contributed by atoms with van der Waals surface area (Å²) in [5.41, 5.74) is 0.722. The Labute approximate surface area is 107 Å². The molecule has 1 aromatic carbocycles. The molecule has 0 aliphatic heterocycles. The van der Waals surface area contributed by atoms with Gasteiger partial charge in [-0.25, -0.2) is 0 Å². The molecule has 1 rings (SSSR count). The second-order valence-electron chi connectivity index (χ2n) is 4.09. The second-order valence-corrected chi connectivity index (χ2v) is 5.07. The van der Waals surface area contributed by atoms with Gasteiger partial charge in [0.05, 0.1) is 18.0 Å². The van der Waals surface area contributed by atoms with Gasteiger partial charge in [0.1, 0.15) is 5.75 Å². The molecule has 1 atom stereocenters.